The molecule has 0 amide bonds. The highest BCUT2D eigenvalue weighted by molar-refractivity contribution is 7.98. The predicted octanol–water partition coefficient (Wildman–Crippen LogP) is 12.3. The van der Waals surface area contributed by atoms with Gasteiger partial charge in [-0.15, -0.1) is 0 Å². The maximum atomic E-state index is 3.89. The number of allylic oxidation sites excluding steroid dienone is 2. The van der Waals surface area contributed by atoms with E-state index in [1.165, 1.54) is 76.1 Å². The van der Waals surface area contributed by atoms with Crippen LogP contribution >= 0.6 is 23.9 Å². The van der Waals surface area contributed by atoms with Crippen LogP contribution in [0, 0.1) is 13.8 Å². The van der Waals surface area contributed by atoms with Crippen LogP contribution in [-0.2, 0) is 0 Å². The van der Waals surface area contributed by atoms with Crippen LogP contribution in [0.3, 0.4) is 0 Å². The molecule has 0 bridgehead atoms. The van der Waals surface area contributed by atoms with Crippen molar-refractivity contribution in [2.24, 2.45) is 0 Å². The van der Waals surface area contributed by atoms with Gasteiger partial charge in [-0.25, -0.2) is 8.83 Å². The van der Waals surface area contributed by atoms with Crippen LogP contribution in [0.5, 0.6) is 0 Å². The second-order valence-electron chi connectivity index (χ2n) is 14.0. The van der Waals surface area contributed by atoms with Crippen molar-refractivity contribution in [3.05, 3.63) is 178 Å². The van der Waals surface area contributed by atoms with E-state index in [2.05, 4.69) is 192 Å². The minimum Gasteiger partial charge on any atom is -0.287 e. The van der Waals surface area contributed by atoms with Crippen molar-refractivity contribution in [2.75, 3.05) is 10.9 Å². The molecule has 0 saturated carbocycles. The zero-order valence-corrected chi connectivity index (χ0v) is 31.7. The third-order valence-corrected chi connectivity index (χ3v) is 15.6. The van der Waals surface area contributed by atoms with Crippen molar-refractivity contribution in [2.45, 2.75) is 36.7 Å². The Kier molecular flexibility index (Phi) is 7.87. The SMILES string of the molecule is Cc1cccc(C2=C(N3Nc4cc(-c5ccccc5)ccc4S3)[Si](C)(C)C(N3Nc4cc(-c5ccccc5)ccc4S3)=C2c2cccc(C)c2)c1. The summed E-state index contributed by atoms with van der Waals surface area (Å²) < 4.78 is 4.76. The Morgan fingerprint density at radius 2 is 0.843 bits per heavy atom. The highest BCUT2D eigenvalue weighted by Crippen LogP contribution is 2.57. The molecule has 6 aromatic rings. The van der Waals surface area contributed by atoms with Crippen molar-refractivity contribution in [3.63, 3.8) is 0 Å². The quantitative estimate of drug-likeness (QED) is 0.132. The fraction of sp³-hybridized carbons (Fsp3) is 0.0909. The number of nitrogens with zero attached hydrogens (tertiary/aromatic N) is 2. The van der Waals surface area contributed by atoms with E-state index in [0.29, 0.717) is 0 Å². The molecule has 2 N–H and O–H groups in total. The van der Waals surface area contributed by atoms with E-state index in [1.54, 1.807) is 23.9 Å². The molecule has 0 spiro atoms. The zero-order valence-electron chi connectivity index (χ0n) is 29.1. The lowest BCUT2D eigenvalue weighted by atomic mass is 9.92. The Balaban J connectivity index is 1.19. The summed E-state index contributed by atoms with van der Waals surface area (Å²) in [5.74, 6) is 0. The predicted molar refractivity (Wildman–Crippen MR) is 220 cm³/mol. The second-order valence-corrected chi connectivity index (χ2v) is 20.1. The third kappa shape index (κ3) is 5.66. The van der Waals surface area contributed by atoms with Gasteiger partial charge in [0.1, 0.15) is 0 Å². The molecule has 0 aromatic heterocycles. The molecule has 0 radical (unpaired) electrons. The summed E-state index contributed by atoms with van der Waals surface area (Å²) in [5, 5.41) is 2.73. The molecule has 3 aliphatic heterocycles. The van der Waals surface area contributed by atoms with Gasteiger partial charge in [0.15, 0.2) is 8.07 Å². The number of anilines is 2. The van der Waals surface area contributed by atoms with Gasteiger partial charge in [0.05, 0.1) is 21.2 Å². The molecule has 6 aromatic carbocycles. The molecule has 0 unspecified atom stereocenters. The number of rotatable bonds is 6. The number of aryl methyl sites for hydroxylation is 2. The lowest BCUT2D eigenvalue weighted by Gasteiger charge is -2.34. The Morgan fingerprint density at radius 1 is 0.431 bits per heavy atom. The Bertz CT molecular complexity index is 2220. The normalized spacial score (nSPS) is 15.9. The van der Waals surface area contributed by atoms with Gasteiger partial charge in [0, 0.05) is 45.7 Å². The van der Waals surface area contributed by atoms with Crippen LogP contribution in [0.2, 0.25) is 13.1 Å². The van der Waals surface area contributed by atoms with Gasteiger partial charge >= 0.3 is 0 Å². The molecule has 0 atom stereocenters. The Labute approximate surface area is 310 Å². The van der Waals surface area contributed by atoms with Gasteiger partial charge in [-0.2, -0.15) is 0 Å². The van der Waals surface area contributed by atoms with E-state index in [1.807, 2.05) is 0 Å². The maximum absolute atomic E-state index is 3.89. The number of hydrogen-bond acceptors (Lipinski definition) is 6. The van der Waals surface area contributed by atoms with Gasteiger partial charge in [0.2, 0.25) is 0 Å². The Hall–Kier alpha value is -5.08. The summed E-state index contributed by atoms with van der Waals surface area (Å²) in [6, 6.07) is 53.0. The van der Waals surface area contributed by atoms with E-state index < -0.39 is 8.07 Å². The maximum Gasteiger partial charge on any atom is 0.161 e. The summed E-state index contributed by atoms with van der Waals surface area (Å²) in [7, 11) is -2.44. The second kappa shape index (κ2) is 12.6. The molecule has 250 valence electrons. The lowest BCUT2D eigenvalue weighted by Crippen LogP contribution is -2.43. The van der Waals surface area contributed by atoms with Crippen LogP contribution in [0.15, 0.2) is 166 Å². The van der Waals surface area contributed by atoms with Crippen LogP contribution in [0.4, 0.5) is 11.4 Å². The van der Waals surface area contributed by atoms with Crippen molar-refractivity contribution in [1.29, 1.82) is 0 Å². The first-order chi connectivity index (χ1) is 24.8. The largest absolute Gasteiger partial charge is 0.287 e. The van der Waals surface area contributed by atoms with E-state index >= 15 is 0 Å². The number of hydrogen-bond donors (Lipinski definition) is 2. The summed E-state index contributed by atoms with van der Waals surface area (Å²) in [6.07, 6.45) is 0. The lowest BCUT2D eigenvalue weighted by molar-refractivity contribution is 0.722. The van der Waals surface area contributed by atoms with E-state index in [9.17, 15) is 0 Å². The number of fused-ring (bicyclic) bond motifs is 2. The summed E-state index contributed by atoms with van der Waals surface area (Å²) in [5.41, 5.74) is 22.5. The first-order valence-electron chi connectivity index (χ1n) is 17.4. The van der Waals surface area contributed by atoms with Crippen LogP contribution in [-0.4, -0.2) is 16.9 Å². The number of hydrazine groups is 2. The fourth-order valence-corrected chi connectivity index (χ4v) is 14.0. The monoisotopic (exact) mass is 714 g/mol. The van der Waals surface area contributed by atoms with Crippen LogP contribution < -0.4 is 10.9 Å². The van der Waals surface area contributed by atoms with Gasteiger partial charge in [0.25, 0.3) is 0 Å². The molecule has 0 saturated heterocycles. The molecule has 51 heavy (non-hydrogen) atoms. The van der Waals surface area contributed by atoms with Gasteiger partial charge in [-0.05, 0) is 71.5 Å². The summed E-state index contributed by atoms with van der Waals surface area (Å²) >= 11 is 3.60. The van der Waals surface area contributed by atoms with E-state index in [4.69, 9.17) is 0 Å². The Morgan fingerprint density at radius 3 is 1.25 bits per heavy atom. The minimum atomic E-state index is -2.44. The highest BCUT2D eigenvalue weighted by Gasteiger charge is 2.50. The van der Waals surface area contributed by atoms with E-state index in [-0.39, 0.29) is 0 Å². The zero-order chi connectivity index (χ0) is 34.7. The fourth-order valence-electron chi connectivity index (χ4n) is 7.53. The molecule has 4 nitrogen and oxygen atoms in total. The van der Waals surface area contributed by atoms with E-state index in [0.717, 1.165) is 11.4 Å². The van der Waals surface area contributed by atoms with Crippen molar-refractivity contribution in [1.82, 2.24) is 8.83 Å². The first kappa shape index (κ1) is 31.9. The van der Waals surface area contributed by atoms with Gasteiger partial charge in [-0.1, -0.05) is 146 Å². The van der Waals surface area contributed by atoms with Gasteiger partial charge < -0.3 is 0 Å². The van der Waals surface area contributed by atoms with Crippen molar-refractivity contribution < 1.29 is 0 Å². The molecule has 0 aliphatic carbocycles. The third-order valence-electron chi connectivity index (χ3n) is 9.92. The van der Waals surface area contributed by atoms with Gasteiger partial charge in [-0.3, -0.25) is 10.9 Å². The molecule has 7 heteroatoms. The van der Waals surface area contributed by atoms with Crippen LogP contribution in [0.25, 0.3) is 33.4 Å². The minimum absolute atomic E-state index is 1.14. The molecule has 9 rings (SSSR count). The average molecular weight is 715 g/mol. The smallest absolute Gasteiger partial charge is 0.161 e. The molecule has 3 heterocycles. The van der Waals surface area contributed by atoms with Crippen molar-refractivity contribution >= 4 is 54.5 Å². The molecular weight excluding hydrogens is 677 g/mol. The standard InChI is InChI=1S/C44H38N4S2Si/c1-29-13-11-19-35(25-29)41-42(36-20-12-14-30(2)26-36)44(48-46-38-28-34(22-24-40(38)50-48)32-17-9-6-10-18-32)51(3,4)43(41)47-45-37-27-33(21-23-39(37)49-47)31-15-7-5-8-16-31/h5-28,45-46H,1-4H3. The molecular formula is C44H38N4S2Si. The summed E-state index contributed by atoms with van der Waals surface area (Å²) in [4.78, 5) is 2.46. The molecule has 0 fully saturated rings. The number of benzene rings is 6. The highest BCUT2D eigenvalue weighted by atomic mass is 32.2. The van der Waals surface area contributed by atoms with Crippen LogP contribution in [0.1, 0.15) is 22.3 Å². The number of nitrogens with one attached hydrogen (secondary N) is 2. The molecule has 3 aliphatic rings. The first-order valence-corrected chi connectivity index (χ1v) is 21.9. The summed E-state index contributed by atoms with van der Waals surface area (Å²) in [6.45, 7) is 9.41. The van der Waals surface area contributed by atoms with Crippen molar-refractivity contribution in [3.8, 4) is 22.3 Å². The average Bonchev–Trinajstić information content (AvgIpc) is 3.82. The topological polar surface area (TPSA) is 30.5 Å².